The summed E-state index contributed by atoms with van der Waals surface area (Å²) < 4.78 is 1.99. The molecule has 2 aromatic carbocycles. The highest BCUT2D eigenvalue weighted by molar-refractivity contribution is 6.07. The molecule has 1 saturated heterocycles. The smallest absolute Gasteiger partial charge is 0.256 e. The largest absolute Gasteiger partial charge is 0.352 e. The topological polar surface area (TPSA) is 54.3 Å². The first-order valence-corrected chi connectivity index (χ1v) is 9.78. The predicted molar refractivity (Wildman–Crippen MR) is 110 cm³/mol. The third-order valence-electron chi connectivity index (χ3n) is 5.59. The maximum Gasteiger partial charge on any atom is 0.256 e. The number of aryl methyl sites for hydroxylation is 1. The Morgan fingerprint density at radius 1 is 1.00 bits per heavy atom. The summed E-state index contributed by atoms with van der Waals surface area (Å²) in [6.07, 6.45) is 3.32. The molecule has 2 heterocycles. The van der Waals surface area contributed by atoms with Crippen LogP contribution < -0.4 is 5.32 Å². The molecule has 5 nitrogen and oxygen atoms in total. The first-order chi connectivity index (χ1) is 13.6. The van der Waals surface area contributed by atoms with E-state index in [0.29, 0.717) is 32.5 Å². The molecule has 2 amide bonds. The highest BCUT2D eigenvalue weighted by Gasteiger charge is 2.28. The summed E-state index contributed by atoms with van der Waals surface area (Å²) in [5.74, 6) is 0.112. The lowest BCUT2D eigenvalue weighted by molar-refractivity contribution is -0.126. The van der Waals surface area contributed by atoms with Gasteiger partial charge in [-0.1, -0.05) is 48.5 Å². The predicted octanol–water partition coefficient (Wildman–Crippen LogP) is 3.35. The van der Waals surface area contributed by atoms with Crippen molar-refractivity contribution in [3.05, 3.63) is 71.9 Å². The zero-order valence-corrected chi connectivity index (χ0v) is 16.1. The van der Waals surface area contributed by atoms with Crippen molar-refractivity contribution in [3.8, 4) is 0 Å². The number of aromatic nitrogens is 1. The van der Waals surface area contributed by atoms with E-state index in [1.54, 1.807) is 0 Å². The van der Waals surface area contributed by atoms with E-state index >= 15 is 0 Å². The Morgan fingerprint density at radius 2 is 1.68 bits per heavy atom. The molecule has 144 valence electrons. The molecule has 0 radical (unpaired) electrons. The van der Waals surface area contributed by atoms with Gasteiger partial charge in [0.1, 0.15) is 0 Å². The Hall–Kier alpha value is -3.08. The van der Waals surface area contributed by atoms with Gasteiger partial charge in [-0.2, -0.15) is 0 Å². The Bertz CT molecular complexity index is 986. The number of rotatable bonds is 4. The average molecular weight is 375 g/mol. The molecule has 0 atom stereocenters. The first kappa shape index (κ1) is 18.3. The van der Waals surface area contributed by atoms with E-state index < -0.39 is 0 Å². The second-order valence-electron chi connectivity index (χ2n) is 7.44. The normalized spacial score (nSPS) is 15.0. The zero-order valence-electron chi connectivity index (χ0n) is 16.1. The van der Waals surface area contributed by atoms with Gasteiger partial charge in [-0.05, 0) is 24.5 Å². The van der Waals surface area contributed by atoms with Gasteiger partial charge in [-0.15, -0.1) is 0 Å². The van der Waals surface area contributed by atoms with Crippen LogP contribution in [0.5, 0.6) is 0 Å². The number of piperidine rings is 1. The number of carbonyl (C=O) groups is 2. The van der Waals surface area contributed by atoms with E-state index in [9.17, 15) is 9.59 Å². The molecule has 0 aliphatic carbocycles. The van der Waals surface area contributed by atoms with Crippen molar-refractivity contribution in [2.24, 2.45) is 13.0 Å². The molecule has 1 N–H and O–H groups in total. The van der Waals surface area contributed by atoms with Crippen LogP contribution in [-0.2, 0) is 18.4 Å². The van der Waals surface area contributed by atoms with E-state index in [1.165, 1.54) is 0 Å². The minimum atomic E-state index is -0.0275. The van der Waals surface area contributed by atoms with Gasteiger partial charge < -0.3 is 14.8 Å². The fourth-order valence-electron chi connectivity index (χ4n) is 3.96. The van der Waals surface area contributed by atoms with E-state index in [-0.39, 0.29) is 17.7 Å². The van der Waals surface area contributed by atoms with Crippen LogP contribution in [0, 0.1) is 5.92 Å². The molecule has 0 unspecified atom stereocenters. The molecule has 0 bridgehead atoms. The Morgan fingerprint density at radius 3 is 2.43 bits per heavy atom. The van der Waals surface area contributed by atoms with Crippen LogP contribution in [0.3, 0.4) is 0 Å². The van der Waals surface area contributed by atoms with Crippen LogP contribution in [0.25, 0.3) is 10.9 Å². The number of benzene rings is 2. The molecule has 3 aromatic rings. The standard InChI is InChI=1S/C23H25N3O2/c1-25-16-20(19-9-5-6-10-21(19)25)23(28)26-13-11-18(12-14-26)22(27)24-15-17-7-3-2-4-8-17/h2-10,16,18H,11-15H2,1H3,(H,24,27). The molecule has 1 aromatic heterocycles. The Kier molecular flexibility index (Phi) is 5.15. The number of para-hydroxylation sites is 1. The van der Waals surface area contributed by atoms with Crippen molar-refractivity contribution < 1.29 is 9.59 Å². The van der Waals surface area contributed by atoms with Crippen LogP contribution in [0.15, 0.2) is 60.8 Å². The van der Waals surface area contributed by atoms with Crippen LogP contribution in [0.1, 0.15) is 28.8 Å². The van der Waals surface area contributed by atoms with Crippen molar-refractivity contribution in [1.29, 1.82) is 0 Å². The van der Waals surface area contributed by atoms with Crippen molar-refractivity contribution >= 4 is 22.7 Å². The lowest BCUT2D eigenvalue weighted by Crippen LogP contribution is -2.42. The van der Waals surface area contributed by atoms with Crippen LogP contribution >= 0.6 is 0 Å². The number of fused-ring (bicyclic) bond motifs is 1. The average Bonchev–Trinajstić information content (AvgIpc) is 3.09. The minimum Gasteiger partial charge on any atom is -0.352 e. The monoisotopic (exact) mass is 375 g/mol. The van der Waals surface area contributed by atoms with Crippen molar-refractivity contribution in [3.63, 3.8) is 0 Å². The Labute approximate surface area is 165 Å². The molecule has 1 fully saturated rings. The number of nitrogens with zero attached hydrogens (tertiary/aromatic N) is 2. The molecule has 0 spiro atoms. The number of nitrogens with one attached hydrogen (secondary N) is 1. The Balaban J connectivity index is 1.35. The SMILES string of the molecule is Cn1cc(C(=O)N2CCC(C(=O)NCc3ccccc3)CC2)c2ccccc21. The number of likely N-dealkylation sites (tertiary alicyclic amines) is 1. The third-order valence-corrected chi connectivity index (χ3v) is 5.59. The van der Waals surface area contributed by atoms with E-state index in [2.05, 4.69) is 5.32 Å². The van der Waals surface area contributed by atoms with E-state index in [1.807, 2.05) is 77.3 Å². The van der Waals surface area contributed by atoms with Crippen LogP contribution in [0.2, 0.25) is 0 Å². The second-order valence-corrected chi connectivity index (χ2v) is 7.44. The molecule has 1 aliphatic heterocycles. The molecule has 5 heteroatoms. The highest BCUT2D eigenvalue weighted by atomic mass is 16.2. The van der Waals surface area contributed by atoms with Gasteiger partial charge >= 0.3 is 0 Å². The fraction of sp³-hybridized carbons (Fsp3) is 0.304. The summed E-state index contributed by atoms with van der Waals surface area (Å²) in [6, 6.07) is 17.9. The number of amides is 2. The van der Waals surface area contributed by atoms with Crippen molar-refractivity contribution in [2.45, 2.75) is 19.4 Å². The van der Waals surface area contributed by atoms with Gasteiger partial charge in [-0.25, -0.2) is 0 Å². The summed E-state index contributed by atoms with van der Waals surface area (Å²) in [4.78, 5) is 27.4. The summed E-state index contributed by atoms with van der Waals surface area (Å²) in [5, 5.41) is 4.01. The molecule has 0 saturated carbocycles. The van der Waals surface area contributed by atoms with Crippen LogP contribution in [0.4, 0.5) is 0 Å². The lowest BCUT2D eigenvalue weighted by atomic mass is 9.95. The molecule has 4 rings (SSSR count). The summed E-state index contributed by atoms with van der Waals surface area (Å²) in [6.45, 7) is 1.78. The van der Waals surface area contributed by atoms with Crippen molar-refractivity contribution in [2.75, 3.05) is 13.1 Å². The van der Waals surface area contributed by atoms with Gasteiger partial charge in [0.15, 0.2) is 0 Å². The summed E-state index contributed by atoms with van der Waals surface area (Å²) in [7, 11) is 1.96. The molecular formula is C23H25N3O2. The fourth-order valence-corrected chi connectivity index (χ4v) is 3.96. The number of hydrogen-bond donors (Lipinski definition) is 1. The van der Waals surface area contributed by atoms with Crippen molar-refractivity contribution in [1.82, 2.24) is 14.8 Å². The molecule has 28 heavy (non-hydrogen) atoms. The van der Waals surface area contributed by atoms with E-state index in [4.69, 9.17) is 0 Å². The zero-order chi connectivity index (χ0) is 19.5. The molecule has 1 aliphatic rings. The first-order valence-electron chi connectivity index (χ1n) is 9.78. The van der Waals surface area contributed by atoms with Gasteiger partial charge in [0.05, 0.1) is 5.56 Å². The maximum absolute atomic E-state index is 13.0. The lowest BCUT2D eigenvalue weighted by Gasteiger charge is -2.31. The number of hydrogen-bond acceptors (Lipinski definition) is 2. The van der Waals surface area contributed by atoms with Gasteiger partial charge in [0.2, 0.25) is 5.91 Å². The second kappa shape index (κ2) is 7.89. The third kappa shape index (κ3) is 3.65. The summed E-state index contributed by atoms with van der Waals surface area (Å²) in [5.41, 5.74) is 2.89. The quantitative estimate of drug-likeness (QED) is 0.760. The van der Waals surface area contributed by atoms with Gasteiger partial charge in [0, 0.05) is 49.7 Å². The maximum atomic E-state index is 13.0. The van der Waals surface area contributed by atoms with Gasteiger partial charge in [0.25, 0.3) is 5.91 Å². The highest BCUT2D eigenvalue weighted by Crippen LogP contribution is 2.24. The molecular weight excluding hydrogens is 350 g/mol. The summed E-state index contributed by atoms with van der Waals surface area (Å²) >= 11 is 0. The van der Waals surface area contributed by atoms with E-state index in [0.717, 1.165) is 22.0 Å². The van der Waals surface area contributed by atoms with Crippen LogP contribution in [-0.4, -0.2) is 34.4 Å². The van der Waals surface area contributed by atoms with Gasteiger partial charge in [-0.3, -0.25) is 9.59 Å². The minimum absolute atomic E-state index is 0.0275. The number of carbonyl (C=O) groups excluding carboxylic acids is 2.